The number of nitrogens with zero attached hydrogens (tertiary/aromatic N) is 3. The Balaban J connectivity index is 1.82. The molecule has 0 bridgehead atoms. The molecule has 0 radical (unpaired) electrons. The van der Waals surface area contributed by atoms with Gasteiger partial charge < -0.3 is 9.64 Å². The van der Waals surface area contributed by atoms with Crippen LogP contribution >= 0.6 is 0 Å². The lowest BCUT2D eigenvalue weighted by atomic mass is 9.84. The summed E-state index contributed by atoms with van der Waals surface area (Å²) in [5.41, 5.74) is 1.25. The maximum Gasteiger partial charge on any atom is 0.266 e. The van der Waals surface area contributed by atoms with Crippen LogP contribution in [-0.4, -0.2) is 33.5 Å². The minimum atomic E-state index is -0.325. The normalized spacial score (nSPS) is 14.6. The number of aromatic nitrogens is 2. The number of benzene rings is 2. The Morgan fingerprint density at radius 3 is 2.50 bits per heavy atom. The highest BCUT2D eigenvalue weighted by Crippen LogP contribution is 2.32. The van der Waals surface area contributed by atoms with Crippen LogP contribution in [0, 0.1) is 5.92 Å². The van der Waals surface area contributed by atoms with E-state index in [2.05, 4.69) is 6.92 Å². The third kappa shape index (κ3) is 4.86. The molecular formula is C28H35N3O3. The van der Waals surface area contributed by atoms with Crippen molar-refractivity contribution >= 4 is 16.8 Å². The Bertz CT molecular complexity index is 1180. The zero-order valence-electron chi connectivity index (χ0n) is 20.5. The number of ether oxygens (including phenoxy) is 1. The summed E-state index contributed by atoms with van der Waals surface area (Å²) < 4.78 is 7.26. The van der Waals surface area contributed by atoms with E-state index in [1.54, 1.807) is 4.57 Å². The molecule has 1 heterocycles. The topological polar surface area (TPSA) is 64.4 Å². The van der Waals surface area contributed by atoms with Crippen molar-refractivity contribution in [1.82, 2.24) is 14.5 Å². The van der Waals surface area contributed by atoms with Gasteiger partial charge in [-0.1, -0.05) is 38.3 Å². The number of rotatable bonds is 10. The van der Waals surface area contributed by atoms with Crippen molar-refractivity contribution in [3.63, 3.8) is 0 Å². The van der Waals surface area contributed by atoms with E-state index in [0.717, 1.165) is 50.0 Å². The van der Waals surface area contributed by atoms with Crippen LogP contribution in [0.5, 0.6) is 5.75 Å². The van der Waals surface area contributed by atoms with E-state index in [4.69, 9.17) is 9.72 Å². The van der Waals surface area contributed by atoms with Gasteiger partial charge in [-0.25, -0.2) is 4.98 Å². The van der Waals surface area contributed by atoms with Gasteiger partial charge in [0.05, 0.1) is 29.2 Å². The number of para-hydroxylation sites is 1. The Kier molecular flexibility index (Phi) is 7.66. The molecule has 1 atom stereocenters. The minimum absolute atomic E-state index is 0.0928. The maximum absolute atomic E-state index is 13.7. The molecule has 1 aliphatic rings. The molecule has 1 amide bonds. The molecule has 3 aromatic rings. The van der Waals surface area contributed by atoms with Crippen molar-refractivity contribution in [2.24, 2.45) is 5.92 Å². The van der Waals surface area contributed by atoms with Gasteiger partial charge in [0.1, 0.15) is 11.6 Å². The van der Waals surface area contributed by atoms with Gasteiger partial charge >= 0.3 is 0 Å². The molecule has 0 saturated heterocycles. The standard InChI is InChI=1S/C28H35N3O3/c1-4-6-9-19-30(27(32)21-11-10-12-21)20(3)26-29-25-14-8-7-13-24(25)28(33)31(26)22-15-17-23(18-16-22)34-5-2/h7-8,13-18,20-21H,4-6,9-12,19H2,1-3H3. The number of unbranched alkanes of at least 4 members (excludes halogenated alkanes) is 2. The number of amides is 1. The van der Waals surface area contributed by atoms with Crippen LogP contribution in [0.4, 0.5) is 0 Å². The summed E-state index contributed by atoms with van der Waals surface area (Å²) in [5, 5.41) is 0.565. The lowest BCUT2D eigenvalue weighted by Crippen LogP contribution is -2.42. The lowest BCUT2D eigenvalue weighted by Gasteiger charge is -2.36. The molecule has 6 heteroatoms. The zero-order valence-corrected chi connectivity index (χ0v) is 20.5. The predicted molar refractivity (Wildman–Crippen MR) is 136 cm³/mol. The fraction of sp³-hybridized carbons (Fsp3) is 0.464. The highest BCUT2D eigenvalue weighted by atomic mass is 16.5. The summed E-state index contributed by atoms with van der Waals surface area (Å²) in [7, 11) is 0. The van der Waals surface area contributed by atoms with Gasteiger partial charge in [-0.3, -0.25) is 14.2 Å². The molecule has 2 aromatic carbocycles. The van der Waals surface area contributed by atoms with Crippen LogP contribution in [0.3, 0.4) is 0 Å². The highest BCUT2D eigenvalue weighted by Gasteiger charge is 2.33. The summed E-state index contributed by atoms with van der Waals surface area (Å²) >= 11 is 0. The summed E-state index contributed by atoms with van der Waals surface area (Å²) in [6.45, 7) is 7.36. The van der Waals surface area contributed by atoms with E-state index in [9.17, 15) is 9.59 Å². The van der Waals surface area contributed by atoms with Gasteiger partial charge in [0.15, 0.2) is 0 Å². The van der Waals surface area contributed by atoms with Crippen LogP contribution in [0.2, 0.25) is 0 Å². The summed E-state index contributed by atoms with van der Waals surface area (Å²) in [4.78, 5) is 34.1. The van der Waals surface area contributed by atoms with Crippen LogP contribution in [-0.2, 0) is 4.79 Å². The SMILES string of the molecule is CCCCCN(C(=O)C1CCC1)C(C)c1nc2ccccc2c(=O)n1-c1ccc(OCC)cc1. The van der Waals surface area contributed by atoms with E-state index in [0.29, 0.717) is 29.9 Å². The minimum Gasteiger partial charge on any atom is -0.494 e. The van der Waals surface area contributed by atoms with E-state index in [-0.39, 0.29) is 23.4 Å². The molecule has 6 nitrogen and oxygen atoms in total. The third-order valence-electron chi connectivity index (χ3n) is 6.79. The van der Waals surface area contributed by atoms with Gasteiger partial charge in [-0.05, 0) is 69.5 Å². The van der Waals surface area contributed by atoms with Crippen molar-refractivity contribution in [2.45, 2.75) is 65.3 Å². The number of hydrogen-bond donors (Lipinski definition) is 0. The summed E-state index contributed by atoms with van der Waals surface area (Å²) in [6.07, 6.45) is 6.11. The molecule has 0 N–H and O–H groups in total. The second-order valence-electron chi connectivity index (χ2n) is 9.10. The Hall–Kier alpha value is -3.15. The van der Waals surface area contributed by atoms with Crippen molar-refractivity contribution in [2.75, 3.05) is 13.2 Å². The lowest BCUT2D eigenvalue weighted by molar-refractivity contribution is -0.140. The second-order valence-corrected chi connectivity index (χ2v) is 9.10. The van der Waals surface area contributed by atoms with Crippen molar-refractivity contribution in [3.8, 4) is 11.4 Å². The quantitative estimate of drug-likeness (QED) is 0.365. The molecule has 1 fully saturated rings. The number of carbonyl (C=O) groups is 1. The molecule has 0 aliphatic heterocycles. The van der Waals surface area contributed by atoms with E-state index in [1.807, 2.05) is 67.3 Å². The van der Waals surface area contributed by atoms with Crippen LogP contribution in [0.15, 0.2) is 53.3 Å². The molecule has 0 spiro atoms. The second kappa shape index (κ2) is 10.9. The molecule has 1 aromatic heterocycles. The number of fused-ring (bicyclic) bond motifs is 1. The van der Waals surface area contributed by atoms with Gasteiger partial charge in [0.2, 0.25) is 5.91 Å². The number of hydrogen-bond acceptors (Lipinski definition) is 4. The average molecular weight is 462 g/mol. The first-order valence-electron chi connectivity index (χ1n) is 12.6. The molecule has 1 aliphatic carbocycles. The van der Waals surface area contributed by atoms with Gasteiger partial charge in [-0.15, -0.1) is 0 Å². The van der Waals surface area contributed by atoms with Crippen molar-refractivity contribution in [1.29, 1.82) is 0 Å². The fourth-order valence-corrected chi connectivity index (χ4v) is 4.59. The first kappa shape index (κ1) is 24.0. The van der Waals surface area contributed by atoms with Gasteiger partial charge in [0.25, 0.3) is 5.56 Å². The van der Waals surface area contributed by atoms with Crippen LogP contribution in [0.1, 0.15) is 71.2 Å². The van der Waals surface area contributed by atoms with E-state index >= 15 is 0 Å². The Labute approximate surface area is 201 Å². The molecule has 34 heavy (non-hydrogen) atoms. The first-order valence-corrected chi connectivity index (χ1v) is 12.6. The molecule has 1 saturated carbocycles. The Morgan fingerprint density at radius 2 is 1.85 bits per heavy atom. The molecule has 4 rings (SSSR count). The largest absolute Gasteiger partial charge is 0.494 e. The zero-order chi connectivity index (χ0) is 24.1. The van der Waals surface area contributed by atoms with Crippen molar-refractivity contribution in [3.05, 3.63) is 64.7 Å². The predicted octanol–water partition coefficient (Wildman–Crippen LogP) is 5.66. The molecular weight excluding hydrogens is 426 g/mol. The third-order valence-corrected chi connectivity index (χ3v) is 6.79. The smallest absolute Gasteiger partial charge is 0.266 e. The van der Waals surface area contributed by atoms with Gasteiger partial charge in [-0.2, -0.15) is 0 Å². The first-order chi connectivity index (χ1) is 16.5. The molecule has 180 valence electrons. The Morgan fingerprint density at radius 1 is 1.12 bits per heavy atom. The van der Waals surface area contributed by atoms with Crippen LogP contribution in [0.25, 0.3) is 16.6 Å². The number of carbonyl (C=O) groups excluding carboxylic acids is 1. The van der Waals surface area contributed by atoms with E-state index < -0.39 is 0 Å². The summed E-state index contributed by atoms with van der Waals surface area (Å²) in [5.74, 6) is 1.63. The van der Waals surface area contributed by atoms with Gasteiger partial charge in [0, 0.05) is 12.5 Å². The molecule has 1 unspecified atom stereocenters. The maximum atomic E-state index is 13.7. The monoisotopic (exact) mass is 461 g/mol. The fourth-order valence-electron chi connectivity index (χ4n) is 4.59. The highest BCUT2D eigenvalue weighted by molar-refractivity contribution is 5.80. The van der Waals surface area contributed by atoms with Crippen LogP contribution < -0.4 is 10.3 Å². The van der Waals surface area contributed by atoms with E-state index in [1.165, 1.54) is 0 Å². The average Bonchev–Trinajstić information content (AvgIpc) is 2.81. The summed E-state index contributed by atoms with van der Waals surface area (Å²) in [6, 6.07) is 14.6. The van der Waals surface area contributed by atoms with Crippen molar-refractivity contribution < 1.29 is 9.53 Å².